The average molecular weight is 278 g/mol. The van der Waals surface area contributed by atoms with Gasteiger partial charge in [-0.25, -0.2) is 0 Å². The molecule has 0 aliphatic rings. The van der Waals surface area contributed by atoms with E-state index in [-0.39, 0.29) is 11.4 Å². The molecule has 112 valence electrons. The van der Waals surface area contributed by atoms with E-state index in [1.807, 2.05) is 31.2 Å². The normalized spacial score (nSPS) is 11.2. The van der Waals surface area contributed by atoms with E-state index in [0.29, 0.717) is 19.6 Å². The van der Waals surface area contributed by atoms with E-state index in [2.05, 4.69) is 31.4 Å². The number of amides is 1. The average Bonchev–Trinajstić information content (AvgIpc) is 2.37. The summed E-state index contributed by atoms with van der Waals surface area (Å²) in [6, 6.07) is 7.97. The summed E-state index contributed by atoms with van der Waals surface area (Å²) in [7, 11) is 0. The lowest BCUT2D eigenvalue weighted by Crippen LogP contribution is -2.35. The third-order valence-electron chi connectivity index (χ3n) is 2.72. The number of hydrogen-bond acceptors (Lipinski definition) is 3. The van der Waals surface area contributed by atoms with Crippen LogP contribution in [0, 0.1) is 0 Å². The van der Waals surface area contributed by atoms with Crippen molar-refractivity contribution in [3.05, 3.63) is 29.8 Å². The molecule has 0 saturated heterocycles. The molecule has 0 heterocycles. The molecule has 0 fully saturated rings. The first kappa shape index (κ1) is 16.5. The fraction of sp³-hybridized carbons (Fsp3) is 0.562. The number of hydrogen-bond donors (Lipinski definition) is 2. The van der Waals surface area contributed by atoms with Crippen LogP contribution in [-0.2, 0) is 11.3 Å². The summed E-state index contributed by atoms with van der Waals surface area (Å²) in [4.78, 5) is 11.3. The summed E-state index contributed by atoms with van der Waals surface area (Å²) in [6.45, 7) is 10.2. The molecule has 0 saturated carbocycles. The molecule has 1 aromatic carbocycles. The van der Waals surface area contributed by atoms with Gasteiger partial charge in [-0.2, -0.15) is 0 Å². The van der Waals surface area contributed by atoms with E-state index < -0.39 is 0 Å². The Morgan fingerprint density at radius 2 is 1.85 bits per heavy atom. The van der Waals surface area contributed by atoms with Crippen molar-refractivity contribution in [2.75, 3.05) is 13.2 Å². The maximum absolute atomic E-state index is 11.3. The highest BCUT2D eigenvalue weighted by Gasteiger charge is 2.08. The highest BCUT2D eigenvalue weighted by molar-refractivity contribution is 5.75. The minimum atomic E-state index is 0.0264. The van der Waals surface area contributed by atoms with Gasteiger partial charge in [0.1, 0.15) is 5.75 Å². The quantitative estimate of drug-likeness (QED) is 0.805. The van der Waals surface area contributed by atoms with Crippen LogP contribution < -0.4 is 15.4 Å². The van der Waals surface area contributed by atoms with Gasteiger partial charge in [-0.05, 0) is 45.4 Å². The first-order chi connectivity index (χ1) is 9.40. The SMILES string of the molecule is CCNC(=O)CCOc1ccc(CNC(C)(C)C)cc1. The van der Waals surface area contributed by atoms with Gasteiger partial charge in [0.05, 0.1) is 13.0 Å². The Kier molecular flexibility index (Phi) is 6.52. The van der Waals surface area contributed by atoms with Gasteiger partial charge >= 0.3 is 0 Å². The van der Waals surface area contributed by atoms with E-state index in [9.17, 15) is 4.79 Å². The lowest BCUT2D eigenvalue weighted by molar-refractivity contribution is -0.121. The molecule has 1 aromatic rings. The van der Waals surface area contributed by atoms with Crippen LogP contribution >= 0.6 is 0 Å². The third-order valence-corrected chi connectivity index (χ3v) is 2.72. The molecule has 0 aliphatic carbocycles. The summed E-state index contributed by atoms with van der Waals surface area (Å²) >= 11 is 0. The fourth-order valence-corrected chi connectivity index (χ4v) is 1.62. The van der Waals surface area contributed by atoms with E-state index in [1.54, 1.807) is 0 Å². The smallest absolute Gasteiger partial charge is 0.223 e. The fourth-order valence-electron chi connectivity index (χ4n) is 1.62. The van der Waals surface area contributed by atoms with Crippen LogP contribution in [0.3, 0.4) is 0 Å². The van der Waals surface area contributed by atoms with Gasteiger partial charge in [-0.3, -0.25) is 4.79 Å². The molecule has 4 heteroatoms. The van der Waals surface area contributed by atoms with Crippen LogP contribution in [-0.4, -0.2) is 24.6 Å². The molecular formula is C16H26N2O2. The van der Waals surface area contributed by atoms with Crippen molar-refractivity contribution in [3.8, 4) is 5.75 Å². The number of rotatable bonds is 7. The van der Waals surface area contributed by atoms with Gasteiger partial charge in [0.2, 0.25) is 5.91 Å². The van der Waals surface area contributed by atoms with Crippen molar-refractivity contribution in [3.63, 3.8) is 0 Å². The van der Waals surface area contributed by atoms with Crippen LogP contribution in [0.4, 0.5) is 0 Å². The van der Waals surface area contributed by atoms with Crippen molar-refractivity contribution in [1.29, 1.82) is 0 Å². The molecule has 1 amide bonds. The molecule has 1 rings (SSSR count). The Bertz CT molecular complexity index is 407. The maximum Gasteiger partial charge on any atom is 0.223 e. The zero-order chi connectivity index (χ0) is 15.0. The largest absolute Gasteiger partial charge is 0.493 e. The Hall–Kier alpha value is -1.55. The van der Waals surface area contributed by atoms with E-state index in [4.69, 9.17) is 4.74 Å². The monoisotopic (exact) mass is 278 g/mol. The molecule has 20 heavy (non-hydrogen) atoms. The molecule has 0 radical (unpaired) electrons. The second-order valence-electron chi connectivity index (χ2n) is 5.80. The maximum atomic E-state index is 11.3. The van der Waals surface area contributed by atoms with Crippen molar-refractivity contribution >= 4 is 5.91 Å². The standard InChI is InChI=1S/C16H26N2O2/c1-5-17-15(19)10-11-20-14-8-6-13(7-9-14)12-18-16(2,3)4/h6-9,18H,5,10-12H2,1-4H3,(H,17,19). The lowest BCUT2D eigenvalue weighted by Gasteiger charge is -2.20. The molecule has 0 unspecified atom stereocenters. The molecular weight excluding hydrogens is 252 g/mol. The van der Waals surface area contributed by atoms with E-state index in [1.165, 1.54) is 5.56 Å². The van der Waals surface area contributed by atoms with Crippen LogP contribution in [0.25, 0.3) is 0 Å². The minimum Gasteiger partial charge on any atom is -0.493 e. The van der Waals surface area contributed by atoms with E-state index in [0.717, 1.165) is 12.3 Å². The topological polar surface area (TPSA) is 50.4 Å². The number of carbonyl (C=O) groups excluding carboxylic acids is 1. The lowest BCUT2D eigenvalue weighted by atomic mass is 10.1. The predicted molar refractivity (Wildman–Crippen MR) is 81.8 cm³/mol. The molecule has 0 bridgehead atoms. The van der Waals surface area contributed by atoms with Crippen molar-refractivity contribution in [2.24, 2.45) is 0 Å². The summed E-state index contributed by atoms with van der Waals surface area (Å²) in [5.41, 5.74) is 1.33. The molecule has 0 atom stereocenters. The number of ether oxygens (including phenoxy) is 1. The van der Waals surface area contributed by atoms with Crippen LogP contribution in [0.1, 0.15) is 39.7 Å². The van der Waals surface area contributed by atoms with Crippen molar-refractivity contribution in [1.82, 2.24) is 10.6 Å². The second kappa shape index (κ2) is 7.90. The first-order valence-electron chi connectivity index (χ1n) is 7.14. The second-order valence-corrected chi connectivity index (χ2v) is 5.80. The van der Waals surface area contributed by atoms with Crippen LogP contribution in [0.5, 0.6) is 5.75 Å². The molecule has 0 aliphatic heterocycles. The van der Waals surface area contributed by atoms with Gasteiger partial charge < -0.3 is 15.4 Å². The van der Waals surface area contributed by atoms with Crippen LogP contribution in [0.15, 0.2) is 24.3 Å². The van der Waals surface area contributed by atoms with E-state index >= 15 is 0 Å². The Balaban J connectivity index is 2.33. The summed E-state index contributed by atoms with van der Waals surface area (Å²) in [5.74, 6) is 0.826. The van der Waals surface area contributed by atoms with Gasteiger partial charge in [0.15, 0.2) is 0 Å². The third kappa shape index (κ3) is 7.14. The van der Waals surface area contributed by atoms with Gasteiger partial charge in [-0.15, -0.1) is 0 Å². The Labute approximate surface area is 121 Å². The highest BCUT2D eigenvalue weighted by atomic mass is 16.5. The summed E-state index contributed by atoms with van der Waals surface area (Å²) < 4.78 is 5.54. The van der Waals surface area contributed by atoms with Crippen LogP contribution in [0.2, 0.25) is 0 Å². The zero-order valence-electron chi connectivity index (χ0n) is 13.0. The van der Waals surface area contributed by atoms with Gasteiger partial charge in [0, 0.05) is 18.6 Å². The van der Waals surface area contributed by atoms with Gasteiger partial charge in [-0.1, -0.05) is 12.1 Å². The molecule has 0 aromatic heterocycles. The predicted octanol–water partition coefficient (Wildman–Crippen LogP) is 2.48. The summed E-state index contributed by atoms with van der Waals surface area (Å²) in [5, 5.41) is 6.18. The minimum absolute atomic E-state index is 0.0264. The first-order valence-corrected chi connectivity index (χ1v) is 7.14. The van der Waals surface area contributed by atoms with Gasteiger partial charge in [0.25, 0.3) is 0 Å². The molecule has 4 nitrogen and oxygen atoms in total. The van der Waals surface area contributed by atoms with Crippen molar-refractivity contribution in [2.45, 2.75) is 46.2 Å². The number of carbonyl (C=O) groups is 1. The summed E-state index contributed by atoms with van der Waals surface area (Å²) in [6.07, 6.45) is 0.390. The zero-order valence-corrected chi connectivity index (χ0v) is 13.0. The number of benzene rings is 1. The molecule has 0 spiro atoms. The highest BCUT2D eigenvalue weighted by Crippen LogP contribution is 2.13. The Morgan fingerprint density at radius 1 is 1.20 bits per heavy atom. The van der Waals surface area contributed by atoms with Crippen molar-refractivity contribution < 1.29 is 9.53 Å². The Morgan fingerprint density at radius 3 is 2.40 bits per heavy atom. The number of nitrogens with one attached hydrogen (secondary N) is 2. The molecule has 2 N–H and O–H groups in total.